The lowest BCUT2D eigenvalue weighted by Gasteiger charge is -2.11. The maximum atomic E-state index is 6.39. The largest absolute Gasteiger partial charge is 0.455 e. The van der Waals surface area contributed by atoms with Gasteiger partial charge in [0.1, 0.15) is 11.2 Å². The van der Waals surface area contributed by atoms with Crippen LogP contribution in [0.5, 0.6) is 0 Å². The molecular formula is C42H26N4O. The number of aromatic nitrogens is 4. The predicted molar refractivity (Wildman–Crippen MR) is 190 cm³/mol. The number of nitrogens with zero attached hydrogens (tertiary/aromatic N) is 4. The first-order chi connectivity index (χ1) is 23.3. The average Bonchev–Trinajstić information content (AvgIpc) is 3.54. The fourth-order valence-corrected chi connectivity index (χ4v) is 6.30. The quantitative estimate of drug-likeness (QED) is 0.196. The summed E-state index contributed by atoms with van der Waals surface area (Å²) in [5.74, 6) is 1.75. The molecule has 47 heavy (non-hydrogen) atoms. The maximum Gasteiger partial charge on any atom is 0.167 e. The van der Waals surface area contributed by atoms with E-state index in [2.05, 4.69) is 114 Å². The number of hydrogen-bond donors (Lipinski definition) is 0. The van der Waals surface area contributed by atoms with E-state index in [-0.39, 0.29) is 0 Å². The van der Waals surface area contributed by atoms with E-state index in [0.29, 0.717) is 17.5 Å². The van der Waals surface area contributed by atoms with Gasteiger partial charge in [0.25, 0.3) is 0 Å². The number of benzene rings is 6. The van der Waals surface area contributed by atoms with Gasteiger partial charge in [0.2, 0.25) is 0 Å². The monoisotopic (exact) mass is 602 g/mol. The van der Waals surface area contributed by atoms with Crippen molar-refractivity contribution in [2.45, 2.75) is 0 Å². The summed E-state index contributed by atoms with van der Waals surface area (Å²) in [4.78, 5) is 19.4. The number of hydrogen-bond acceptors (Lipinski definition) is 5. The Bertz CT molecular complexity index is 2550. The number of furan rings is 1. The molecule has 220 valence electrons. The number of pyridine rings is 1. The van der Waals surface area contributed by atoms with Crippen molar-refractivity contribution in [2.24, 2.45) is 0 Å². The van der Waals surface area contributed by atoms with Gasteiger partial charge in [-0.15, -0.1) is 0 Å². The van der Waals surface area contributed by atoms with Crippen LogP contribution in [0.4, 0.5) is 0 Å². The first-order valence-electron chi connectivity index (χ1n) is 15.5. The third kappa shape index (κ3) is 4.82. The van der Waals surface area contributed by atoms with Crippen molar-refractivity contribution in [1.82, 2.24) is 19.9 Å². The standard InChI is InChI=1S/C42H26N4O/c1-2-11-33-28(8-1)9-5-13-34(33)29-19-23-31(24-20-29)41-44-40(30-21-17-27(18-22-30)32-10-7-25-43-26-32)45-42(46-41)37-15-6-14-36-35-12-3-4-16-38(35)47-39(36)37/h1-26H. The molecule has 0 aliphatic rings. The minimum Gasteiger partial charge on any atom is -0.455 e. The number of fused-ring (bicyclic) bond motifs is 4. The second-order valence-corrected chi connectivity index (χ2v) is 11.5. The van der Waals surface area contributed by atoms with Crippen LogP contribution in [0.2, 0.25) is 0 Å². The molecule has 0 aliphatic carbocycles. The Labute approximate surface area is 270 Å². The van der Waals surface area contributed by atoms with Crippen molar-refractivity contribution in [3.63, 3.8) is 0 Å². The van der Waals surface area contributed by atoms with Gasteiger partial charge < -0.3 is 4.42 Å². The Kier molecular flexibility index (Phi) is 6.39. The molecule has 0 amide bonds. The third-order valence-electron chi connectivity index (χ3n) is 8.66. The molecular weight excluding hydrogens is 576 g/mol. The molecule has 0 atom stereocenters. The van der Waals surface area contributed by atoms with Crippen molar-refractivity contribution in [1.29, 1.82) is 0 Å². The van der Waals surface area contributed by atoms with E-state index in [9.17, 15) is 0 Å². The molecule has 9 aromatic rings. The first kappa shape index (κ1) is 26.9. The van der Waals surface area contributed by atoms with Gasteiger partial charge in [-0.2, -0.15) is 0 Å². The molecule has 3 aromatic heterocycles. The summed E-state index contributed by atoms with van der Waals surface area (Å²) in [5.41, 5.74) is 8.67. The SMILES string of the molecule is c1cncc(-c2ccc(-c3nc(-c4ccc(-c5cccc6ccccc56)cc4)nc(-c4cccc5c4oc4ccccc45)n3)cc2)c1. The lowest BCUT2D eigenvalue weighted by molar-refractivity contribution is 0.669. The highest BCUT2D eigenvalue weighted by molar-refractivity contribution is 6.09. The maximum absolute atomic E-state index is 6.39. The summed E-state index contributed by atoms with van der Waals surface area (Å²) in [6.07, 6.45) is 3.65. The van der Waals surface area contributed by atoms with E-state index in [1.807, 2.05) is 42.6 Å². The Morgan fingerprint density at radius 1 is 0.383 bits per heavy atom. The number of rotatable bonds is 5. The Hall–Kier alpha value is -6.46. The van der Waals surface area contributed by atoms with Crippen molar-refractivity contribution in [2.75, 3.05) is 0 Å². The van der Waals surface area contributed by atoms with Crippen LogP contribution in [0.25, 0.3) is 89.1 Å². The van der Waals surface area contributed by atoms with Crippen LogP contribution in [-0.4, -0.2) is 19.9 Å². The summed E-state index contributed by atoms with van der Waals surface area (Å²) in [7, 11) is 0. The van der Waals surface area contributed by atoms with E-state index in [1.54, 1.807) is 6.20 Å². The Balaban J connectivity index is 1.19. The highest BCUT2D eigenvalue weighted by Gasteiger charge is 2.18. The van der Waals surface area contributed by atoms with Crippen LogP contribution in [0.1, 0.15) is 0 Å². The van der Waals surface area contributed by atoms with Crippen molar-refractivity contribution in [3.8, 4) is 56.4 Å². The van der Waals surface area contributed by atoms with Gasteiger partial charge in [0.05, 0.1) is 5.56 Å². The Morgan fingerprint density at radius 2 is 0.979 bits per heavy atom. The molecule has 9 rings (SSSR count). The molecule has 5 heteroatoms. The molecule has 0 radical (unpaired) electrons. The average molecular weight is 603 g/mol. The molecule has 0 spiro atoms. The van der Waals surface area contributed by atoms with Gasteiger partial charge in [-0.3, -0.25) is 4.98 Å². The van der Waals surface area contributed by atoms with E-state index < -0.39 is 0 Å². The van der Waals surface area contributed by atoms with Gasteiger partial charge in [0, 0.05) is 34.3 Å². The van der Waals surface area contributed by atoms with E-state index in [0.717, 1.165) is 55.3 Å². The smallest absolute Gasteiger partial charge is 0.167 e. The van der Waals surface area contributed by atoms with Crippen LogP contribution in [0, 0.1) is 0 Å². The normalized spacial score (nSPS) is 11.4. The fraction of sp³-hybridized carbons (Fsp3) is 0. The summed E-state index contributed by atoms with van der Waals surface area (Å²) in [6, 6.07) is 49.8. The highest BCUT2D eigenvalue weighted by atomic mass is 16.3. The zero-order chi connectivity index (χ0) is 31.2. The lowest BCUT2D eigenvalue weighted by Crippen LogP contribution is -2.00. The van der Waals surface area contributed by atoms with Crippen LogP contribution in [-0.2, 0) is 0 Å². The van der Waals surface area contributed by atoms with Gasteiger partial charge in [0.15, 0.2) is 17.5 Å². The minimum absolute atomic E-state index is 0.559. The highest BCUT2D eigenvalue weighted by Crippen LogP contribution is 2.36. The molecule has 3 heterocycles. The molecule has 0 bridgehead atoms. The second kappa shape index (κ2) is 11.2. The Morgan fingerprint density at radius 3 is 1.74 bits per heavy atom. The number of para-hydroxylation sites is 2. The van der Waals surface area contributed by atoms with E-state index in [1.165, 1.54) is 16.3 Å². The van der Waals surface area contributed by atoms with Crippen LogP contribution in [0.3, 0.4) is 0 Å². The van der Waals surface area contributed by atoms with E-state index >= 15 is 0 Å². The van der Waals surface area contributed by atoms with Crippen LogP contribution < -0.4 is 0 Å². The summed E-state index contributed by atoms with van der Waals surface area (Å²) in [6.45, 7) is 0. The minimum atomic E-state index is 0.559. The molecule has 0 unspecified atom stereocenters. The second-order valence-electron chi connectivity index (χ2n) is 11.5. The lowest BCUT2D eigenvalue weighted by atomic mass is 9.97. The van der Waals surface area contributed by atoms with Crippen molar-refractivity contribution in [3.05, 3.63) is 158 Å². The topological polar surface area (TPSA) is 64.7 Å². The third-order valence-corrected chi connectivity index (χ3v) is 8.66. The van der Waals surface area contributed by atoms with Crippen molar-refractivity contribution < 1.29 is 4.42 Å². The summed E-state index contributed by atoms with van der Waals surface area (Å²) >= 11 is 0. The molecule has 0 saturated carbocycles. The van der Waals surface area contributed by atoms with E-state index in [4.69, 9.17) is 19.4 Å². The molecule has 0 saturated heterocycles. The zero-order valence-electron chi connectivity index (χ0n) is 25.2. The molecule has 0 fully saturated rings. The van der Waals surface area contributed by atoms with Gasteiger partial charge in [-0.1, -0.05) is 127 Å². The molecule has 5 nitrogen and oxygen atoms in total. The van der Waals surface area contributed by atoms with Crippen LogP contribution >= 0.6 is 0 Å². The summed E-state index contributed by atoms with van der Waals surface area (Å²) < 4.78 is 6.39. The van der Waals surface area contributed by atoms with Gasteiger partial charge in [-0.25, -0.2) is 15.0 Å². The molecule has 0 aliphatic heterocycles. The predicted octanol–water partition coefficient (Wildman–Crippen LogP) is 10.7. The molecule has 0 N–H and O–H groups in total. The van der Waals surface area contributed by atoms with Gasteiger partial charge in [-0.05, 0) is 51.2 Å². The zero-order valence-corrected chi connectivity index (χ0v) is 25.2. The van der Waals surface area contributed by atoms with Gasteiger partial charge >= 0.3 is 0 Å². The molecule has 6 aromatic carbocycles. The fourth-order valence-electron chi connectivity index (χ4n) is 6.30. The first-order valence-corrected chi connectivity index (χ1v) is 15.5. The summed E-state index contributed by atoms with van der Waals surface area (Å²) in [5, 5.41) is 4.53. The van der Waals surface area contributed by atoms with Crippen LogP contribution in [0.15, 0.2) is 162 Å². The van der Waals surface area contributed by atoms with Crippen molar-refractivity contribution >= 4 is 32.7 Å².